The molecule has 0 bridgehead atoms. The van der Waals surface area contributed by atoms with Crippen molar-refractivity contribution < 1.29 is 0 Å². The number of para-hydroxylation sites is 1. The topological polar surface area (TPSA) is 42.2 Å². The summed E-state index contributed by atoms with van der Waals surface area (Å²) in [6.45, 7) is 2.06. The summed E-state index contributed by atoms with van der Waals surface area (Å²) in [5.41, 5.74) is 8.19. The van der Waals surface area contributed by atoms with Gasteiger partial charge >= 0.3 is 0 Å². The second-order valence-electron chi connectivity index (χ2n) is 5.72. The highest BCUT2D eigenvalue weighted by molar-refractivity contribution is 5.81. The highest BCUT2D eigenvalue weighted by atomic mass is 15.1. The van der Waals surface area contributed by atoms with Crippen molar-refractivity contribution in [2.75, 3.05) is 19.3 Å². The molecule has 100 valence electrons. The van der Waals surface area contributed by atoms with Crippen LogP contribution in [0.2, 0.25) is 0 Å². The maximum Gasteiger partial charge on any atom is 0.128 e. The molecule has 2 N–H and O–H groups in total. The predicted molar refractivity (Wildman–Crippen MR) is 79.8 cm³/mol. The fourth-order valence-corrected chi connectivity index (χ4v) is 2.77. The number of pyridine rings is 1. The molecule has 1 aliphatic rings. The number of nitrogens with zero attached hydrogens (tertiary/aromatic N) is 2. The molecular weight excluding hydrogens is 234 g/mol. The van der Waals surface area contributed by atoms with E-state index in [1.807, 2.05) is 18.2 Å². The first-order valence-corrected chi connectivity index (χ1v) is 7.05. The van der Waals surface area contributed by atoms with Crippen molar-refractivity contribution in [2.45, 2.75) is 25.8 Å². The molecule has 0 atom stereocenters. The first-order valence-electron chi connectivity index (χ1n) is 7.05. The average Bonchev–Trinajstić information content (AvgIpc) is 2.35. The summed E-state index contributed by atoms with van der Waals surface area (Å²) in [6.07, 6.45) is 4.17. The van der Waals surface area contributed by atoms with Gasteiger partial charge in [0.15, 0.2) is 0 Å². The third kappa shape index (κ3) is 2.71. The third-order valence-electron chi connectivity index (χ3n) is 4.07. The Balaban J connectivity index is 1.77. The highest BCUT2D eigenvalue weighted by Gasteiger charge is 2.19. The minimum absolute atomic E-state index is 0.666. The first kappa shape index (κ1) is 12.4. The van der Waals surface area contributed by atoms with Crippen molar-refractivity contribution in [1.29, 1.82) is 0 Å². The fraction of sp³-hybridized carbons (Fsp3) is 0.438. The van der Waals surface area contributed by atoms with Gasteiger partial charge in [-0.3, -0.25) is 0 Å². The molecule has 3 rings (SSSR count). The van der Waals surface area contributed by atoms with Crippen LogP contribution in [0.5, 0.6) is 0 Å². The largest absolute Gasteiger partial charge is 0.383 e. The van der Waals surface area contributed by atoms with Gasteiger partial charge in [0.25, 0.3) is 0 Å². The Hall–Kier alpha value is -1.61. The van der Waals surface area contributed by atoms with E-state index >= 15 is 0 Å². The lowest BCUT2D eigenvalue weighted by Crippen LogP contribution is -2.29. The number of anilines is 1. The molecule has 2 aromatic rings. The molecule has 0 amide bonds. The average molecular weight is 255 g/mol. The van der Waals surface area contributed by atoms with Gasteiger partial charge in [-0.15, -0.1) is 0 Å². The molecule has 3 nitrogen and oxygen atoms in total. The Bertz CT molecular complexity index is 575. The van der Waals surface area contributed by atoms with E-state index in [1.54, 1.807) is 0 Å². The molecule has 19 heavy (non-hydrogen) atoms. The van der Waals surface area contributed by atoms with Gasteiger partial charge in [0, 0.05) is 24.0 Å². The fourth-order valence-electron chi connectivity index (χ4n) is 2.77. The van der Waals surface area contributed by atoms with E-state index in [4.69, 9.17) is 5.73 Å². The SMILES string of the molecule is CN(Cc1cc2ccccc2nc1N)CC1CCC1. The molecular formula is C16H21N3. The molecule has 0 unspecified atom stereocenters. The number of nitrogens with two attached hydrogens (primary N) is 1. The van der Waals surface area contributed by atoms with Gasteiger partial charge in [-0.05, 0) is 37.9 Å². The van der Waals surface area contributed by atoms with Crippen LogP contribution in [0.25, 0.3) is 10.9 Å². The van der Waals surface area contributed by atoms with Crippen molar-refractivity contribution >= 4 is 16.7 Å². The molecule has 1 fully saturated rings. The summed E-state index contributed by atoms with van der Waals surface area (Å²) >= 11 is 0. The van der Waals surface area contributed by atoms with E-state index in [1.165, 1.54) is 31.2 Å². The zero-order valence-corrected chi connectivity index (χ0v) is 11.5. The maximum atomic E-state index is 6.07. The number of fused-ring (bicyclic) bond motifs is 1. The van der Waals surface area contributed by atoms with Crippen LogP contribution in [0, 0.1) is 5.92 Å². The Labute approximate surface area is 114 Å². The second kappa shape index (κ2) is 5.17. The highest BCUT2D eigenvalue weighted by Crippen LogP contribution is 2.27. The van der Waals surface area contributed by atoms with E-state index < -0.39 is 0 Å². The van der Waals surface area contributed by atoms with Gasteiger partial charge in [-0.1, -0.05) is 24.6 Å². The molecule has 3 heteroatoms. The number of hydrogen-bond acceptors (Lipinski definition) is 3. The van der Waals surface area contributed by atoms with Gasteiger partial charge in [0.05, 0.1) is 5.52 Å². The monoisotopic (exact) mass is 255 g/mol. The summed E-state index contributed by atoms with van der Waals surface area (Å²) in [5, 5.41) is 1.17. The molecule has 1 aromatic heterocycles. The van der Waals surface area contributed by atoms with Crippen LogP contribution in [0.4, 0.5) is 5.82 Å². The van der Waals surface area contributed by atoms with Gasteiger partial charge in [0.1, 0.15) is 5.82 Å². The molecule has 0 saturated heterocycles. The van der Waals surface area contributed by atoms with Gasteiger partial charge in [-0.2, -0.15) is 0 Å². The van der Waals surface area contributed by atoms with E-state index in [-0.39, 0.29) is 0 Å². The van der Waals surface area contributed by atoms with Crippen molar-refractivity contribution in [3.63, 3.8) is 0 Å². The Morgan fingerprint density at radius 3 is 2.84 bits per heavy atom. The van der Waals surface area contributed by atoms with E-state index in [9.17, 15) is 0 Å². The quantitative estimate of drug-likeness (QED) is 0.913. The van der Waals surface area contributed by atoms with Crippen LogP contribution in [-0.4, -0.2) is 23.5 Å². The first-order chi connectivity index (χ1) is 9.22. The van der Waals surface area contributed by atoms with Gasteiger partial charge in [-0.25, -0.2) is 4.98 Å². The lowest BCUT2D eigenvalue weighted by atomic mass is 9.85. The zero-order valence-electron chi connectivity index (χ0n) is 11.5. The predicted octanol–water partition coefficient (Wildman–Crippen LogP) is 3.05. The van der Waals surface area contributed by atoms with Crippen molar-refractivity contribution in [1.82, 2.24) is 9.88 Å². The Kier molecular flexibility index (Phi) is 3.38. The second-order valence-corrected chi connectivity index (χ2v) is 5.72. The maximum absolute atomic E-state index is 6.07. The molecule has 1 aliphatic carbocycles. The molecule has 1 aromatic carbocycles. The molecule has 1 saturated carbocycles. The Morgan fingerprint density at radius 1 is 1.32 bits per heavy atom. The molecule has 0 radical (unpaired) electrons. The summed E-state index contributed by atoms with van der Waals surface area (Å²) in [4.78, 5) is 6.86. The van der Waals surface area contributed by atoms with Crippen LogP contribution in [0.1, 0.15) is 24.8 Å². The standard InChI is InChI=1S/C16H21N3/c1-19(10-12-5-4-6-12)11-14-9-13-7-2-3-8-15(13)18-16(14)17/h2-3,7-9,12H,4-6,10-11H2,1H3,(H2,17,18). The summed E-state index contributed by atoms with van der Waals surface area (Å²) < 4.78 is 0. The zero-order chi connectivity index (χ0) is 13.2. The number of nitrogen functional groups attached to an aromatic ring is 1. The minimum Gasteiger partial charge on any atom is -0.383 e. The lowest BCUT2D eigenvalue weighted by molar-refractivity contribution is 0.200. The molecule has 0 aliphatic heterocycles. The smallest absolute Gasteiger partial charge is 0.128 e. The number of benzene rings is 1. The Morgan fingerprint density at radius 2 is 2.11 bits per heavy atom. The van der Waals surface area contributed by atoms with E-state index in [0.29, 0.717) is 5.82 Å². The van der Waals surface area contributed by atoms with Crippen LogP contribution in [0.3, 0.4) is 0 Å². The van der Waals surface area contributed by atoms with Crippen molar-refractivity contribution in [2.24, 2.45) is 5.92 Å². The van der Waals surface area contributed by atoms with E-state index in [0.717, 1.165) is 23.5 Å². The summed E-state index contributed by atoms with van der Waals surface area (Å²) in [6, 6.07) is 10.3. The summed E-state index contributed by atoms with van der Waals surface area (Å²) in [5.74, 6) is 1.55. The number of hydrogen-bond donors (Lipinski definition) is 1. The van der Waals surface area contributed by atoms with Crippen LogP contribution < -0.4 is 5.73 Å². The van der Waals surface area contributed by atoms with Crippen LogP contribution in [0.15, 0.2) is 30.3 Å². The molecule has 0 spiro atoms. The number of aromatic nitrogens is 1. The lowest BCUT2D eigenvalue weighted by Gasteiger charge is -2.30. The third-order valence-corrected chi connectivity index (χ3v) is 4.07. The van der Waals surface area contributed by atoms with E-state index in [2.05, 4.69) is 29.1 Å². The van der Waals surface area contributed by atoms with Crippen LogP contribution in [-0.2, 0) is 6.54 Å². The molecule has 1 heterocycles. The van der Waals surface area contributed by atoms with Crippen LogP contribution >= 0.6 is 0 Å². The van der Waals surface area contributed by atoms with Gasteiger partial charge < -0.3 is 10.6 Å². The van der Waals surface area contributed by atoms with Gasteiger partial charge in [0.2, 0.25) is 0 Å². The van der Waals surface area contributed by atoms with Crippen molar-refractivity contribution in [3.8, 4) is 0 Å². The minimum atomic E-state index is 0.666. The number of rotatable bonds is 4. The van der Waals surface area contributed by atoms with Crippen molar-refractivity contribution in [3.05, 3.63) is 35.9 Å². The normalized spacial score (nSPS) is 15.9. The summed E-state index contributed by atoms with van der Waals surface area (Å²) in [7, 11) is 2.17.